The summed E-state index contributed by atoms with van der Waals surface area (Å²) in [6, 6.07) is 27.2. The number of nitrogens with zero attached hydrogens (tertiary/aromatic N) is 4. The van der Waals surface area contributed by atoms with E-state index in [0.29, 0.717) is 6.54 Å². The lowest BCUT2D eigenvalue weighted by Gasteiger charge is -2.21. The first-order chi connectivity index (χ1) is 15.7. The Morgan fingerprint density at radius 2 is 1.78 bits per heavy atom. The molecule has 0 aliphatic rings. The minimum Gasteiger partial charge on any atom is -0.497 e. The van der Waals surface area contributed by atoms with Gasteiger partial charge in [-0.25, -0.2) is 4.98 Å². The van der Waals surface area contributed by atoms with Crippen molar-refractivity contribution >= 4 is 34.4 Å². The lowest BCUT2D eigenvalue weighted by atomic mass is 10.2. The molecule has 1 aromatic heterocycles. The first kappa shape index (κ1) is 21.5. The van der Waals surface area contributed by atoms with Crippen LogP contribution in [-0.4, -0.2) is 34.9 Å². The van der Waals surface area contributed by atoms with E-state index in [0.717, 1.165) is 33.3 Å². The Balaban J connectivity index is 1.62. The minimum absolute atomic E-state index is 0.0650. The minimum atomic E-state index is -0.0650. The zero-order chi connectivity index (χ0) is 22.3. The van der Waals surface area contributed by atoms with Crippen LogP contribution in [0.25, 0.3) is 16.7 Å². The monoisotopic (exact) mass is 442 g/mol. The fourth-order valence-corrected chi connectivity index (χ4v) is 4.36. The Kier molecular flexibility index (Phi) is 6.73. The van der Waals surface area contributed by atoms with E-state index in [4.69, 9.17) is 15.0 Å². The normalized spacial score (nSPS) is 10.6. The van der Waals surface area contributed by atoms with Crippen molar-refractivity contribution in [3.63, 3.8) is 0 Å². The van der Waals surface area contributed by atoms with Crippen molar-refractivity contribution in [2.45, 2.75) is 11.6 Å². The van der Waals surface area contributed by atoms with E-state index < -0.39 is 0 Å². The van der Waals surface area contributed by atoms with Crippen LogP contribution in [0.1, 0.15) is 6.42 Å². The molecule has 0 radical (unpaired) electrons. The molecule has 3 aromatic carbocycles. The van der Waals surface area contributed by atoms with Gasteiger partial charge in [-0.15, -0.1) is 0 Å². The average Bonchev–Trinajstić information content (AvgIpc) is 3.22. The maximum Gasteiger partial charge on any atom is 0.237 e. The van der Waals surface area contributed by atoms with Crippen molar-refractivity contribution in [1.82, 2.24) is 9.55 Å². The van der Waals surface area contributed by atoms with Crippen molar-refractivity contribution in [3.05, 3.63) is 78.9 Å². The van der Waals surface area contributed by atoms with Gasteiger partial charge in [0.05, 0.1) is 36.4 Å². The van der Waals surface area contributed by atoms with E-state index in [1.165, 1.54) is 11.8 Å². The maximum atomic E-state index is 13.1. The van der Waals surface area contributed by atoms with Crippen molar-refractivity contribution in [1.29, 1.82) is 5.26 Å². The molecule has 0 unspecified atom stereocenters. The third-order valence-corrected chi connectivity index (χ3v) is 5.92. The lowest BCUT2D eigenvalue weighted by Crippen LogP contribution is -2.33. The molecule has 160 valence electrons. The quantitative estimate of drug-likeness (QED) is 0.356. The van der Waals surface area contributed by atoms with Gasteiger partial charge in [0.15, 0.2) is 5.16 Å². The second-order valence-corrected chi connectivity index (χ2v) is 7.94. The first-order valence-electron chi connectivity index (χ1n) is 10.2. The average molecular weight is 443 g/mol. The van der Waals surface area contributed by atoms with E-state index in [1.807, 2.05) is 78.9 Å². The number of rotatable bonds is 8. The molecular weight excluding hydrogens is 420 g/mol. The predicted molar refractivity (Wildman–Crippen MR) is 127 cm³/mol. The SMILES string of the molecule is COc1ccc(-n2c(SCC(=O)N(CCC#N)c3ccccc3)nc3ccccc32)cc1. The molecule has 0 spiro atoms. The van der Waals surface area contributed by atoms with Crippen molar-refractivity contribution in [3.8, 4) is 17.5 Å². The molecule has 0 aliphatic carbocycles. The molecule has 1 amide bonds. The van der Waals surface area contributed by atoms with E-state index in [2.05, 4.69) is 10.6 Å². The highest BCUT2D eigenvalue weighted by molar-refractivity contribution is 7.99. The molecule has 0 bridgehead atoms. The van der Waals surface area contributed by atoms with E-state index >= 15 is 0 Å². The van der Waals surface area contributed by atoms with Crippen LogP contribution in [0.15, 0.2) is 84.0 Å². The number of carbonyl (C=O) groups is 1. The van der Waals surface area contributed by atoms with Gasteiger partial charge in [0, 0.05) is 17.9 Å². The number of thioether (sulfide) groups is 1. The number of imidazole rings is 1. The van der Waals surface area contributed by atoms with Gasteiger partial charge in [-0.05, 0) is 48.5 Å². The van der Waals surface area contributed by atoms with Gasteiger partial charge < -0.3 is 9.64 Å². The number of nitriles is 1. The van der Waals surface area contributed by atoms with E-state index in [1.54, 1.807) is 12.0 Å². The summed E-state index contributed by atoms with van der Waals surface area (Å²) in [5.74, 6) is 0.920. The van der Waals surface area contributed by atoms with Crippen LogP contribution >= 0.6 is 11.8 Å². The summed E-state index contributed by atoms with van der Waals surface area (Å²) >= 11 is 1.39. The fourth-order valence-electron chi connectivity index (χ4n) is 3.45. The second kappa shape index (κ2) is 10.0. The van der Waals surface area contributed by atoms with Crippen molar-refractivity contribution in [2.75, 3.05) is 24.3 Å². The van der Waals surface area contributed by atoms with Crippen LogP contribution in [0, 0.1) is 11.3 Å². The Hall–Kier alpha value is -3.76. The van der Waals surface area contributed by atoms with Crippen LogP contribution < -0.4 is 9.64 Å². The third kappa shape index (κ3) is 4.61. The number of aromatic nitrogens is 2. The van der Waals surface area contributed by atoms with Gasteiger partial charge in [0.2, 0.25) is 5.91 Å². The van der Waals surface area contributed by atoms with Crippen LogP contribution in [0.2, 0.25) is 0 Å². The molecule has 4 rings (SSSR count). The molecule has 7 heteroatoms. The van der Waals surface area contributed by atoms with Gasteiger partial charge in [-0.2, -0.15) is 5.26 Å². The summed E-state index contributed by atoms with van der Waals surface area (Å²) in [6.07, 6.45) is 0.273. The highest BCUT2D eigenvalue weighted by Crippen LogP contribution is 2.29. The Morgan fingerprint density at radius 1 is 1.06 bits per heavy atom. The van der Waals surface area contributed by atoms with Crippen molar-refractivity contribution in [2.24, 2.45) is 0 Å². The van der Waals surface area contributed by atoms with E-state index in [9.17, 15) is 4.79 Å². The highest BCUT2D eigenvalue weighted by atomic mass is 32.2. The van der Waals surface area contributed by atoms with Gasteiger partial charge >= 0.3 is 0 Å². The Morgan fingerprint density at radius 3 is 2.50 bits per heavy atom. The molecular formula is C25H22N4O2S. The molecule has 0 atom stereocenters. The number of benzene rings is 3. The highest BCUT2D eigenvalue weighted by Gasteiger charge is 2.19. The fraction of sp³-hybridized carbons (Fsp3) is 0.160. The van der Waals surface area contributed by atoms with Crippen LogP contribution in [0.4, 0.5) is 5.69 Å². The lowest BCUT2D eigenvalue weighted by molar-refractivity contribution is -0.116. The Labute approximate surface area is 191 Å². The number of para-hydroxylation sites is 3. The van der Waals surface area contributed by atoms with Gasteiger partial charge in [-0.1, -0.05) is 42.1 Å². The van der Waals surface area contributed by atoms with Crippen LogP contribution in [0.3, 0.4) is 0 Å². The molecule has 4 aromatic rings. The van der Waals surface area contributed by atoms with Gasteiger partial charge in [0.25, 0.3) is 0 Å². The molecule has 32 heavy (non-hydrogen) atoms. The van der Waals surface area contributed by atoms with E-state index in [-0.39, 0.29) is 18.1 Å². The number of hydrogen-bond donors (Lipinski definition) is 0. The molecule has 0 N–H and O–H groups in total. The van der Waals surface area contributed by atoms with Crippen molar-refractivity contribution < 1.29 is 9.53 Å². The van der Waals surface area contributed by atoms with Crippen LogP contribution in [-0.2, 0) is 4.79 Å². The number of fused-ring (bicyclic) bond motifs is 1. The zero-order valence-corrected chi connectivity index (χ0v) is 18.5. The number of carbonyl (C=O) groups excluding carboxylic acids is 1. The number of amides is 1. The topological polar surface area (TPSA) is 71.2 Å². The summed E-state index contributed by atoms with van der Waals surface area (Å²) in [7, 11) is 1.64. The first-order valence-corrected chi connectivity index (χ1v) is 11.2. The molecule has 0 aliphatic heterocycles. The molecule has 0 saturated heterocycles. The third-order valence-electron chi connectivity index (χ3n) is 5.00. The molecule has 1 heterocycles. The van der Waals surface area contributed by atoms with Gasteiger partial charge in [-0.3, -0.25) is 9.36 Å². The summed E-state index contributed by atoms with van der Waals surface area (Å²) < 4.78 is 7.33. The second-order valence-electron chi connectivity index (χ2n) is 6.99. The molecule has 6 nitrogen and oxygen atoms in total. The van der Waals surface area contributed by atoms with Gasteiger partial charge in [0.1, 0.15) is 5.75 Å². The van der Waals surface area contributed by atoms with Crippen LogP contribution in [0.5, 0.6) is 5.75 Å². The number of methoxy groups -OCH3 is 1. The summed E-state index contributed by atoms with van der Waals surface area (Å²) in [5, 5.41) is 9.75. The number of hydrogen-bond acceptors (Lipinski definition) is 5. The molecule has 0 fully saturated rings. The summed E-state index contributed by atoms with van der Waals surface area (Å²) in [5.41, 5.74) is 3.57. The number of anilines is 1. The smallest absolute Gasteiger partial charge is 0.237 e. The number of ether oxygens (including phenoxy) is 1. The standard InChI is InChI=1S/C25H22N4O2S/c1-31-21-14-12-20(13-15-21)29-23-11-6-5-10-22(23)27-25(29)32-18-24(30)28(17-7-16-26)19-8-3-2-4-9-19/h2-6,8-15H,7,17-18H2,1H3. The predicted octanol–water partition coefficient (Wildman–Crippen LogP) is 5.07. The Bertz CT molecular complexity index is 1250. The zero-order valence-electron chi connectivity index (χ0n) is 17.6. The largest absolute Gasteiger partial charge is 0.497 e. The summed E-state index contributed by atoms with van der Waals surface area (Å²) in [4.78, 5) is 19.5. The molecule has 0 saturated carbocycles. The summed E-state index contributed by atoms with van der Waals surface area (Å²) in [6.45, 7) is 0.356. The maximum absolute atomic E-state index is 13.1.